The summed E-state index contributed by atoms with van der Waals surface area (Å²) < 4.78 is 0. The summed E-state index contributed by atoms with van der Waals surface area (Å²) in [5, 5.41) is 0. The average Bonchev–Trinajstić information content (AvgIpc) is 3.53. The zero-order chi connectivity index (χ0) is 26.8. The van der Waals surface area contributed by atoms with Crippen LogP contribution in [0.2, 0.25) is 0 Å². The molecule has 0 amide bonds. The van der Waals surface area contributed by atoms with E-state index >= 15 is 0 Å². The Bertz CT molecular complexity index is 803. The minimum atomic E-state index is 0. The van der Waals surface area contributed by atoms with E-state index in [4.69, 9.17) is 0 Å². The van der Waals surface area contributed by atoms with Crippen molar-refractivity contribution in [2.24, 2.45) is 82.9 Å². The molecule has 0 radical (unpaired) electrons. The van der Waals surface area contributed by atoms with Gasteiger partial charge in [0, 0.05) is 0 Å². The van der Waals surface area contributed by atoms with E-state index in [1.165, 1.54) is 64.2 Å². The van der Waals surface area contributed by atoms with Crippen molar-refractivity contribution in [1.82, 2.24) is 0 Å². The largest absolute Gasteiger partial charge is 4.00 e. The van der Waals surface area contributed by atoms with Crippen LogP contribution in [-0.2, 0) is 26.2 Å². The molecular weight excluding hydrogens is 572 g/mol. The van der Waals surface area contributed by atoms with Gasteiger partial charge in [0.2, 0.25) is 0 Å². The van der Waals surface area contributed by atoms with Crippen LogP contribution in [-0.4, -0.2) is 0 Å². The maximum atomic E-state index is 2.53. The fourth-order valence-electron chi connectivity index (χ4n) is 10.5. The van der Waals surface area contributed by atoms with Crippen LogP contribution >= 0.6 is 0 Å². The molecule has 41 heavy (non-hydrogen) atoms. The molecule has 0 bridgehead atoms. The maximum absolute atomic E-state index is 2.53. The van der Waals surface area contributed by atoms with Crippen molar-refractivity contribution < 1.29 is 26.2 Å². The molecule has 1 heteroatoms. The average molecular weight is 638 g/mol. The molecule has 12 atom stereocenters. The predicted octanol–water partition coefficient (Wildman–Crippen LogP) is 11.8. The monoisotopic (exact) mass is 636 g/mol. The first-order valence-electron chi connectivity index (χ1n) is 17.0. The zero-order valence-electron chi connectivity index (χ0n) is 28.3. The Morgan fingerprint density at radius 2 is 0.829 bits per heavy atom. The zero-order valence-corrected chi connectivity index (χ0v) is 30.7. The Hall–Kier alpha value is -0.157. The maximum Gasteiger partial charge on any atom is 4.00 e. The van der Waals surface area contributed by atoms with Crippen molar-refractivity contribution in [2.45, 2.75) is 106 Å². The van der Waals surface area contributed by atoms with Crippen molar-refractivity contribution in [1.29, 1.82) is 0 Å². The standard InChI is InChI=1S/2C19H30.2CH3.Zr/c2*1-13(2)16-10-8-14(3)12-19(16)18-11-9-15-6-4-5-7-17(15)18;;;/h2*4-7,13-19H,8-12H2,1-3H3;2*1H3;/q;;2*-1;+4/t2*14-,15?,16+,17?,18?,19+;;;/m11.../s1. The first-order chi connectivity index (χ1) is 18.3. The van der Waals surface area contributed by atoms with Gasteiger partial charge in [-0.3, -0.25) is 0 Å². The third kappa shape index (κ3) is 8.52. The molecule has 0 saturated heterocycles. The van der Waals surface area contributed by atoms with Gasteiger partial charge >= 0.3 is 26.2 Å². The van der Waals surface area contributed by atoms with E-state index in [1.807, 2.05) is 0 Å². The minimum absolute atomic E-state index is 0. The van der Waals surface area contributed by atoms with Gasteiger partial charge in [-0.1, -0.05) is 103 Å². The number of hydrogen-bond donors (Lipinski definition) is 0. The summed E-state index contributed by atoms with van der Waals surface area (Å²) in [6.45, 7) is 14.8. The summed E-state index contributed by atoms with van der Waals surface area (Å²) in [7, 11) is 0. The van der Waals surface area contributed by atoms with Crippen LogP contribution in [0.25, 0.3) is 0 Å². The summed E-state index contributed by atoms with van der Waals surface area (Å²) in [6.07, 6.45) is 33.9. The molecule has 6 aliphatic rings. The Kier molecular flexibility index (Phi) is 15.2. The van der Waals surface area contributed by atoms with Gasteiger partial charge in [0.05, 0.1) is 0 Å². The molecule has 0 N–H and O–H groups in total. The molecule has 4 saturated carbocycles. The van der Waals surface area contributed by atoms with Crippen molar-refractivity contribution in [3.05, 3.63) is 63.5 Å². The third-order valence-electron chi connectivity index (χ3n) is 12.5. The van der Waals surface area contributed by atoms with Crippen LogP contribution in [0, 0.1) is 97.7 Å². The van der Waals surface area contributed by atoms with Crippen LogP contribution in [0.3, 0.4) is 0 Å². The number of rotatable bonds is 4. The Morgan fingerprint density at radius 1 is 0.463 bits per heavy atom. The van der Waals surface area contributed by atoms with Gasteiger partial charge < -0.3 is 14.9 Å². The molecule has 0 aromatic carbocycles. The molecule has 0 spiro atoms. The molecule has 6 rings (SSSR count). The number of allylic oxidation sites excluding steroid dienone is 8. The minimum Gasteiger partial charge on any atom is -0.358 e. The summed E-state index contributed by atoms with van der Waals surface area (Å²) in [6, 6.07) is 0. The van der Waals surface area contributed by atoms with E-state index in [0.717, 1.165) is 82.9 Å². The molecule has 0 aromatic rings. The molecule has 0 heterocycles. The Balaban J connectivity index is 0.000000267. The second-order valence-electron chi connectivity index (χ2n) is 15.5. The van der Waals surface area contributed by atoms with Crippen molar-refractivity contribution in [3.8, 4) is 0 Å². The fourth-order valence-corrected chi connectivity index (χ4v) is 10.5. The van der Waals surface area contributed by atoms with Crippen molar-refractivity contribution in [2.75, 3.05) is 0 Å². The summed E-state index contributed by atoms with van der Waals surface area (Å²) in [5.74, 6) is 13.0. The van der Waals surface area contributed by atoms with Crippen LogP contribution in [0.1, 0.15) is 106 Å². The molecule has 0 aromatic heterocycles. The quantitative estimate of drug-likeness (QED) is 0.269. The van der Waals surface area contributed by atoms with Gasteiger partial charge in [0.15, 0.2) is 0 Å². The second-order valence-corrected chi connectivity index (χ2v) is 15.5. The molecule has 228 valence electrons. The second kappa shape index (κ2) is 16.8. The topological polar surface area (TPSA) is 0 Å². The SMILES string of the molecule is CC(C)[C@@H]1CC[C@@H](C)C[C@@H]1C1CCC2C=CC=CC21.CC(C)[C@@H]1CC[C@@H](C)C[C@@H]1C1CCC2C=CC=CC21.[CH3-].[CH3-].[Zr+4]. The van der Waals surface area contributed by atoms with E-state index in [2.05, 4.69) is 90.2 Å². The predicted molar refractivity (Wildman–Crippen MR) is 178 cm³/mol. The van der Waals surface area contributed by atoms with E-state index in [-0.39, 0.29) is 41.1 Å². The first kappa shape index (κ1) is 37.0. The van der Waals surface area contributed by atoms with Gasteiger partial charge in [-0.25, -0.2) is 0 Å². The smallest absolute Gasteiger partial charge is 0.358 e. The normalized spacial score (nSPS) is 42.3. The fraction of sp³-hybridized carbons (Fsp3) is 0.750. The van der Waals surface area contributed by atoms with Gasteiger partial charge in [-0.15, -0.1) is 0 Å². The Morgan fingerprint density at radius 3 is 1.20 bits per heavy atom. The summed E-state index contributed by atoms with van der Waals surface area (Å²) in [5.41, 5.74) is 0. The molecule has 0 nitrogen and oxygen atoms in total. The van der Waals surface area contributed by atoms with E-state index < -0.39 is 0 Å². The van der Waals surface area contributed by atoms with Gasteiger partial charge in [0.1, 0.15) is 0 Å². The van der Waals surface area contributed by atoms with Gasteiger partial charge in [-0.05, 0) is 134 Å². The van der Waals surface area contributed by atoms with E-state index in [9.17, 15) is 0 Å². The molecular formula is C40H66Zr+2. The molecule has 0 aliphatic heterocycles. The number of hydrogen-bond acceptors (Lipinski definition) is 0. The van der Waals surface area contributed by atoms with Crippen molar-refractivity contribution in [3.63, 3.8) is 0 Å². The molecule has 6 aliphatic carbocycles. The molecule has 4 fully saturated rings. The van der Waals surface area contributed by atoms with Crippen LogP contribution in [0.4, 0.5) is 0 Å². The van der Waals surface area contributed by atoms with Gasteiger partial charge in [-0.2, -0.15) is 0 Å². The first-order valence-corrected chi connectivity index (χ1v) is 17.0. The van der Waals surface area contributed by atoms with Gasteiger partial charge in [0.25, 0.3) is 0 Å². The third-order valence-corrected chi connectivity index (χ3v) is 12.5. The molecule has 6 unspecified atom stereocenters. The van der Waals surface area contributed by atoms with Crippen LogP contribution in [0.15, 0.2) is 48.6 Å². The van der Waals surface area contributed by atoms with E-state index in [0.29, 0.717) is 0 Å². The van der Waals surface area contributed by atoms with E-state index in [1.54, 1.807) is 0 Å². The Labute approximate surface area is 276 Å². The summed E-state index contributed by atoms with van der Waals surface area (Å²) in [4.78, 5) is 0. The summed E-state index contributed by atoms with van der Waals surface area (Å²) >= 11 is 0. The number of fused-ring (bicyclic) bond motifs is 2. The van der Waals surface area contributed by atoms with Crippen molar-refractivity contribution >= 4 is 0 Å². The van der Waals surface area contributed by atoms with Crippen LogP contribution < -0.4 is 0 Å². The van der Waals surface area contributed by atoms with Crippen LogP contribution in [0.5, 0.6) is 0 Å².